The lowest BCUT2D eigenvalue weighted by Crippen LogP contribution is -1.87. The van der Waals surface area contributed by atoms with Crippen LogP contribution in [0.5, 0.6) is 0 Å². The Morgan fingerprint density at radius 2 is 1.50 bits per heavy atom. The van der Waals surface area contributed by atoms with Gasteiger partial charge in [-0.15, -0.1) is 0 Å². The van der Waals surface area contributed by atoms with Crippen molar-refractivity contribution in [3.63, 3.8) is 0 Å². The van der Waals surface area contributed by atoms with Crippen molar-refractivity contribution >= 4 is 5.97 Å². The Kier molecular flexibility index (Phi) is 10.8. The molecule has 22 heavy (non-hydrogen) atoms. The SMILES string of the molecule is CC(C)=CCC/C(C)=C/CCC(C)=CC=CC(C)=CC(=O)O. The summed E-state index contributed by atoms with van der Waals surface area (Å²) in [6.45, 7) is 10.3. The summed E-state index contributed by atoms with van der Waals surface area (Å²) in [7, 11) is 0. The summed E-state index contributed by atoms with van der Waals surface area (Å²) in [5, 5.41) is 8.62. The number of rotatable bonds is 9. The number of carbonyl (C=O) groups is 1. The first kappa shape index (κ1) is 20.2. The van der Waals surface area contributed by atoms with Crippen LogP contribution in [-0.2, 0) is 4.79 Å². The maximum Gasteiger partial charge on any atom is 0.328 e. The summed E-state index contributed by atoms with van der Waals surface area (Å²) in [6, 6.07) is 0. The van der Waals surface area contributed by atoms with E-state index < -0.39 is 5.97 Å². The van der Waals surface area contributed by atoms with Crippen molar-refractivity contribution in [2.75, 3.05) is 0 Å². The fourth-order valence-corrected chi connectivity index (χ4v) is 1.93. The molecule has 0 heterocycles. The van der Waals surface area contributed by atoms with Gasteiger partial charge in [0.2, 0.25) is 0 Å². The molecule has 1 N–H and O–H groups in total. The minimum Gasteiger partial charge on any atom is -0.478 e. The van der Waals surface area contributed by atoms with Crippen LogP contribution < -0.4 is 0 Å². The first-order valence-electron chi connectivity index (χ1n) is 7.85. The van der Waals surface area contributed by atoms with Crippen molar-refractivity contribution in [2.24, 2.45) is 0 Å². The van der Waals surface area contributed by atoms with Gasteiger partial charge in [-0.3, -0.25) is 0 Å². The molecule has 0 atom stereocenters. The fourth-order valence-electron chi connectivity index (χ4n) is 1.93. The molecule has 0 bridgehead atoms. The van der Waals surface area contributed by atoms with Crippen molar-refractivity contribution < 1.29 is 9.90 Å². The average Bonchev–Trinajstić information content (AvgIpc) is 2.37. The van der Waals surface area contributed by atoms with E-state index in [0.717, 1.165) is 31.3 Å². The smallest absolute Gasteiger partial charge is 0.328 e. The number of carboxylic acid groups (broad SMARTS) is 1. The molecule has 0 aromatic heterocycles. The molecule has 0 saturated carbocycles. The highest BCUT2D eigenvalue weighted by Gasteiger charge is 1.92. The Morgan fingerprint density at radius 3 is 2.09 bits per heavy atom. The van der Waals surface area contributed by atoms with Gasteiger partial charge in [0.1, 0.15) is 0 Å². The van der Waals surface area contributed by atoms with E-state index in [4.69, 9.17) is 5.11 Å². The van der Waals surface area contributed by atoms with Crippen molar-refractivity contribution in [3.05, 3.63) is 58.7 Å². The number of aliphatic carboxylic acids is 1. The second-order valence-corrected chi connectivity index (χ2v) is 6.01. The van der Waals surface area contributed by atoms with Crippen LogP contribution in [0, 0.1) is 0 Å². The summed E-state index contributed by atoms with van der Waals surface area (Å²) in [5.74, 6) is -0.906. The molecule has 0 fully saturated rings. The highest BCUT2D eigenvalue weighted by Crippen LogP contribution is 2.11. The Hall–Kier alpha value is -1.83. The zero-order valence-electron chi connectivity index (χ0n) is 14.6. The van der Waals surface area contributed by atoms with Crippen molar-refractivity contribution in [3.8, 4) is 0 Å². The van der Waals surface area contributed by atoms with Crippen LogP contribution >= 0.6 is 0 Å². The standard InChI is InChI=1S/C20H30O2/c1-16(2)9-6-10-17(3)11-7-12-18(4)13-8-14-19(5)15-20(21)22/h8-9,11,13-15H,6-7,10,12H2,1-5H3,(H,21,22)/b14-8?,17-11+,18-13?,19-15?. The van der Waals surface area contributed by atoms with Crippen LogP contribution in [0.25, 0.3) is 0 Å². The highest BCUT2D eigenvalue weighted by molar-refractivity contribution is 5.81. The Labute approximate surface area is 135 Å². The zero-order chi connectivity index (χ0) is 17.0. The molecule has 0 aliphatic rings. The number of allylic oxidation sites excluding steroid dienone is 9. The van der Waals surface area contributed by atoms with Crippen LogP contribution in [0.3, 0.4) is 0 Å². The summed E-state index contributed by atoms with van der Waals surface area (Å²) < 4.78 is 0. The number of hydrogen-bond acceptors (Lipinski definition) is 1. The molecule has 0 aliphatic heterocycles. The Balaban J connectivity index is 4.19. The van der Waals surface area contributed by atoms with E-state index in [1.165, 1.54) is 22.8 Å². The van der Waals surface area contributed by atoms with Gasteiger partial charge in [-0.2, -0.15) is 0 Å². The van der Waals surface area contributed by atoms with Crippen LogP contribution in [0.4, 0.5) is 0 Å². The van der Waals surface area contributed by atoms with Gasteiger partial charge >= 0.3 is 5.97 Å². The van der Waals surface area contributed by atoms with Gasteiger partial charge < -0.3 is 5.11 Å². The number of hydrogen-bond donors (Lipinski definition) is 1. The summed E-state index contributed by atoms with van der Waals surface area (Å²) in [4.78, 5) is 10.5. The maximum absolute atomic E-state index is 10.5. The lowest BCUT2D eigenvalue weighted by molar-refractivity contribution is -0.131. The van der Waals surface area contributed by atoms with Crippen molar-refractivity contribution in [1.29, 1.82) is 0 Å². The Bertz CT molecular complexity index is 496. The third-order valence-corrected chi connectivity index (χ3v) is 3.21. The minimum atomic E-state index is -0.906. The maximum atomic E-state index is 10.5. The molecule has 2 heteroatoms. The van der Waals surface area contributed by atoms with Gasteiger partial charge in [0, 0.05) is 6.08 Å². The van der Waals surface area contributed by atoms with Crippen molar-refractivity contribution in [1.82, 2.24) is 0 Å². The average molecular weight is 302 g/mol. The molecule has 0 aliphatic carbocycles. The topological polar surface area (TPSA) is 37.3 Å². The van der Waals surface area contributed by atoms with E-state index >= 15 is 0 Å². The van der Waals surface area contributed by atoms with E-state index in [1.807, 2.05) is 18.2 Å². The van der Waals surface area contributed by atoms with Gasteiger partial charge in [-0.25, -0.2) is 4.79 Å². The largest absolute Gasteiger partial charge is 0.478 e. The molecule has 122 valence electrons. The summed E-state index contributed by atoms with van der Waals surface area (Å²) >= 11 is 0. The highest BCUT2D eigenvalue weighted by atomic mass is 16.4. The Morgan fingerprint density at radius 1 is 0.909 bits per heavy atom. The number of carboxylic acids is 1. The minimum absolute atomic E-state index is 0.742. The van der Waals surface area contributed by atoms with E-state index in [9.17, 15) is 4.79 Å². The lowest BCUT2D eigenvalue weighted by Gasteiger charge is -2.00. The van der Waals surface area contributed by atoms with Crippen LogP contribution in [0.15, 0.2) is 58.7 Å². The molecule has 2 nitrogen and oxygen atoms in total. The predicted molar refractivity (Wildman–Crippen MR) is 95.9 cm³/mol. The van der Waals surface area contributed by atoms with E-state index in [2.05, 4.69) is 39.8 Å². The molecule has 0 spiro atoms. The first-order chi connectivity index (χ1) is 10.3. The van der Waals surface area contributed by atoms with Crippen LogP contribution in [-0.4, -0.2) is 11.1 Å². The molecule has 0 radical (unpaired) electrons. The van der Waals surface area contributed by atoms with Gasteiger partial charge in [0.15, 0.2) is 0 Å². The fraction of sp³-hybridized carbons (Fsp3) is 0.450. The van der Waals surface area contributed by atoms with E-state index in [1.54, 1.807) is 6.92 Å². The monoisotopic (exact) mass is 302 g/mol. The van der Waals surface area contributed by atoms with Gasteiger partial charge in [0.05, 0.1) is 0 Å². The third kappa shape index (κ3) is 13.2. The van der Waals surface area contributed by atoms with Crippen LogP contribution in [0.1, 0.15) is 60.3 Å². The quantitative estimate of drug-likeness (QED) is 0.322. The molecule has 0 aromatic carbocycles. The van der Waals surface area contributed by atoms with Gasteiger partial charge in [-0.05, 0) is 65.9 Å². The molecule has 0 aromatic rings. The van der Waals surface area contributed by atoms with Gasteiger partial charge in [0.25, 0.3) is 0 Å². The molecule has 0 rings (SSSR count). The predicted octanol–water partition coefficient (Wildman–Crippen LogP) is 5.99. The van der Waals surface area contributed by atoms with Gasteiger partial charge in [-0.1, -0.05) is 47.1 Å². The van der Waals surface area contributed by atoms with Crippen LogP contribution in [0.2, 0.25) is 0 Å². The normalized spacial score (nSPS) is 13.6. The molecule has 0 saturated heterocycles. The lowest BCUT2D eigenvalue weighted by atomic mass is 10.1. The summed E-state index contributed by atoms with van der Waals surface area (Å²) in [6.07, 6.45) is 15.9. The molecular weight excluding hydrogens is 272 g/mol. The van der Waals surface area contributed by atoms with Crippen molar-refractivity contribution in [2.45, 2.75) is 60.3 Å². The first-order valence-corrected chi connectivity index (χ1v) is 7.85. The van der Waals surface area contributed by atoms with E-state index in [-0.39, 0.29) is 0 Å². The summed E-state index contributed by atoms with van der Waals surface area (Å²) in [5.41, 5.74) is 4.87. The van der Waals surface area contributed by atoms with E-state index in [0.29, 0.717) is 0 Å². The molecule has 0 amide bonds. The molecular formula is C20H30O2. The second kappa shape index (κ2) is 11.8. The second-order valence-electron chi connectivity index (χ2n) is 6.01. The zero-order valence-corrected chi connectivity index (χ0v) is 14.6. The third-order valence-electron chi connectivity index (χ3n) is 3.21. The molecule has 0 unspecified atom stereocenters.